The van der Waals surface area contributed by atoms with Crippen LogP contribution >= 0.6 is 0 Å². The number of carboxylic acid groups (broad SMARTS) is 2. The van der Waals surface area contributed by atoms with Gasteiger partial charge < -0.3 is 42.1 Å². The Labute approximate surface area is 179 Å². The normalized spacial score (nSPS) is 16.7. The van der Waals surface area contributed by atoms with Crippen LogP contribution in [0.4, 0.5) is 0 Å². The lowest BCUT2D eigenvalue weighted by Crippen LogP contribution is -2.60. The molecule has 178 valence electrons. The highest BCUT2D eigenvalue weighted by Gasteiger charge is 2.34. The molecular weight excluding hydrogens is 416 g/mol. The van der Waals surface area contributed by atoms with Crippen LogP contribution in [0.15, 0.2) is 0 Å². The minimum atomic E-state index is -1.57. The van der Waals surface area contributed by atoms with Crippen molar-refractivity contribution in [2.75, 3.05) is 6.61 Å². The van der Waals surface area contributed by atoms with Gasteiger partial charge in [-0.1, -0.05) is 20.3 Å². The first-order chi connectivity index (χ1) is 14.3. The second kappa shape index (κ2) is 13.5. The Bertz CT molecular complexity index is 656. The van der Waals surface area contributed by atoms with Crippen LogP contribution < -0.4 is 21.7 Å². The number of rotatable bonds is 14. The highest BCUT2D eigenvalue weighted by Crippen LogP contribution is 2.09. The molecule has 0 aliphatic carbocycles. The highest BCUT2D eigenvalue weighted by atomic mass is 16.4. The van der Waals surface area contributed by atoms with Gasteiger partial charge in [-0.25, -0.2) is 4.79 Å². The van der Waals surface area contributed by atoms with Gasteiger partial charge in [-0.2, -0.15) is 0 Å². The molecule has 0 rings (SSSR count). The predicted molar refractivity (Wildman–Crippen MR) is 106 cm³/mol. The minimum Gasteiger partial charge on any atom is -0.481 e. The summed E-state index contributed by atoms with van der Waals surface area (Å²) in [6.07, 6.45) is -1.86. The van der Waals surface area contributed by atoms with E-state index in [1.165, 1.54) is 6.92 Å². The third-order valence-electron chi connectivity index (χ3n) is 4.65. The van der Waals surface area contributed by atoms with E-state index in [9.17, 15) is 34.2 Å². The average Bonchev–Trinajstić information content (AvgIpc) is 2.70. The summed E-state index contributed by atoms with van der Waals surface area (Å²) < 4.78 is 0. The summed E-state index contributed by atoms with van der Waals surface area (Å²) in [5, 5.41) is 43.7. The van der Waals surface area contributed by atoms with E-state index in [4.69, 9.17) is 15.9 Å². The number of aliphatic hydroxyl groups excluding tert-OH is 2. The molecule has 6 unspecified atom stereocenters. The summed E-state index contributed by atoms with van der Waals surface area (Å²) in [4.78, 5) is 59.3. The average molecular weight is 448 g/mol. The topological polar surface area (TPSA) is 228 Å². The Balaban J connectivity index is 5.47. The molecule has 0 saturated heterocycles. The molecular formula is C18H32N4O9. The summed E-state index contributed by atoms with van der Waals surface area (Å²) in [7, 11) is 0. The quantitative estimate of drug-likeness (QED) is 0.135. The van der Waals surface area contributed by atoms with Crippen molar-refractivity contribution in [2.24, 2.45) is 11.7 Å². The molecule has 0 aromatic rings. The molecule has 0 heterocycles. The molecule has 0 saturated carbocycles. The van der Waals surface area contributed by atoms with Crippen molar-refractivity contribution in [2.45, 2.75) is 70.3 Å². The third kappa shape index (κ3) is 9.72. The first-order valence-corrected chi connectivity index (χ1v) is 9.75. The molecule has 0 aromatic carbocycles. The Morgan fingerprint density at radius 1 is 0.903 bits per heavy atom. The Kier molecular flexibility index (Phi) is 12.3. The predicted octanol–water partition coefficient (Wildman–Crippen LogP) is -2.86. The van der Waals surface area contributed by atoms with Crippen molar-refractivity contribution in [1.82, 2.24) is 16.0 Å². The van der Waals surface area contributed by atoms with E-state index in [2.05, 4.69) is 16.0 Å². The molecule has 0 bridgehead atoms. The van der Waals surface area contributed by atoms with Crippen molar-refractivity contribution in [3.63, 3.8) is 0 Å². The number of carbonyl (C=O) groups is 5. The van der Waals surface area contributed by atoms with E-state index in [1.807, 2.05) is 0 Å². The van der Waals surface area contributed by atoms with Crippen LogP contribution in [0.2, 0.25) is 0 Å². The van der Waals surface area contributed by atoms with Crippen LogP contribution in [0.1, 0.15) is 40.0 Å². The molecule has 31 heavy (non-hydrogen) atoms. The number of hydrogen-bond donors (Lipinski definition) is 8. The standard InChI is InChI=1S/C18H32N4O9/c1-4-8(2)13(18(30)31)21-17(29)14(9(3)24)22-16(28)11(5-6-12(25)26)20-15(27)10(19)7-23/h8-11,13-14,23-24H,4-7,19H2,1-3H3,(H,20,27)(H,21,29)(H,22,28)(H,25,26)(H,30,31). The monoisotopic (exact) mass is 448 g/mol. The fourth-order valence-corrected chi connectivity index (χ4v) is 2.48. The maximum absolute atomic E-state index is 12.6. The molecule has 0 spiro atoms. The maximum atomic E-state index is 12.6. The van der Waals surface area contributed by atoms with Crippen LogP contribution in [0.5, 0.6) is 0 Å². The zero-order valence-electron chi connectivity index (χ0n) is 17.7. The van der Waals surface area contributed by atoms with Gasteiger partial charge >= 0.3 is 11.9 Å². The smallest absolute Gasteiger partial charge is 0.326 e. The number of carbonyl (C=O) groups excluding carboxylic acids is 3. The minimum absolute atomic E-state index is 0.357. The van der Waals surface area contributed by atoms with Gasteiger partial charge in [0.25, 0.3) is 0 Å². The van der Waals surface area contributed by atoms with E-state index in [0.717, 1.165) is 0 Å². The lowest BCUT2D eigenvalue weighted by Gasteiger charge is -2.27. The number of carboxylic acids is 2. The molecule has 3 amide bonds. The molecule has 13 nitrogen and oxygen atoms in total. The Morgan fingerprint density at radius 3 is 1.87 bits per heavy atom. The fraction of sp³-hybridized carbons (Fsp3) is 0.722. The van der Waals surface area contributed by atoms with E-state index < -0.39 is 78.9 Å². The summed E-state index contributed by atoms with van der Waals surface area (Å²) in [6.45, 7) is 3.81. The van der Waals surface area contributed by atoms with Crippen molar-refractivity contribution >= 4 is 29.7 Å². The molecule has 9 N–H and O–H groups in total. The molecule has 0 aliphatic heterocycles. The van der Waals surface area contributed by atoms with E-state index >= 15 is 0 Å². The second-order valence-electron chi connectivity index (χ2n) is 7.22. The molecule has 0 aliphatic rings. The first kappa shape index (κ1) is 28.2. The number of hydrogen-bond acceptors (Lipinski definition) is 8. The lowest BCUT2D eigenvalue weighted by atomic mass is 9.98. The summed E-state index contributed by atoms with van der Waals surface area (Å²) in [6, 6.07) is -5.63. The second-order valence-corrected chi connectivity index (χ2v) is 7.22. The van der Waals surface area contributed by atoms with Gasteiger partial charge in [0.2, 0.25) is 17.7 Å². The molecule has 13 heteroatoms. The maximum Gasteiger partial charge on any atom is 0.326 e. The van der Waals surface area contributed by atoms with Crippen LogP contribution in [0.25, 0.3) is 0 Å². The fourth-order valence-electron chi connectivity index (χ4n) is 2.48. The van der Waals surface area contributed by atoms with Gasteiger partial charge in [0, 0.05) is 6.42 Å². The highest BCUT2D eigenvalue weighted by molar-refractivity contribution is 5.94. The van der Waals surface area contributed by atoms with Gasteiger partial charge in [0.05, 0.1) is 12.7 Å². The van der Waals surface area contributed by atoms with E-state index in [1.54, 1.807) is 13.8 Å². The van der Waals surface area contributed by atoms with Crippen molar-refractivity contribution in [3.05, 3.63) is 0 Å². The number of nitrogens with one attached hydrogen (secondary N) is 3. The van der Waals surface area contributed by atoms with Crippen LogP contribution in [0.3, 0.4) is 0 Å². The van der Waals surface area contributed by atoms with Crippen LogP contribution in [-0.4, -0.2) is 87.0 Å². The zero-order chi connectivity index (χ0) is 24.3. The molecule has 6 atom stereocenters. The number of aliphatic hydroxyl groups is 2. The van der Waals surface area contributed by atoms with Crippen molar-refractivity contribution < 1.29 is 44.4 Å². The lowest BCUT2D eigenvalue weighted by molar-refractivity contribution is -0.144. The van der Waals surface area contributed by atoms with Gasteiger partial charge in [-0.05, 0) is 19.3 Å². The van der Waals surface area contributed by atoms with E-state index in [-0.39, 0.29) is 6.42 Å². The molecule has 0 radical (unpaired) electrons. The largest absolute Gasteiger partial charge is 0.481 e. The number of aliphatic carboxylic acids is 2. The van der Waals surface area contributed by atoms with Gasteiger partial charge in [-0.15, -0.1) is 0 Å². The molecule has 0 aromatic heterocycles. The van der Waals surface area contributed by atoms with Crippen molar-refractivity contribution in [1.29, 1.82) is 0 Å². The summed E-state index contributed by atoms with van der Waals surface area (Å²) in [5.41, 5.74) is 5.37. The SMILES string of the molecule is CCC(C)C(NC(=O)C(NC(=O)C(CCC(=O)O)NC(=O)C(N)CO)C(C)O)C(=O)O. The summed E-state index contributed by atoms with van der Waals surface area (Å²) in [5.74, 6) is -5.85. The zero-order valence-corrected chi connectivity index (χ0v) is 17.7. The summed E-state index contributed by atoms with van der Waals surface area (Å²) >= 11 is 0. The van der Waals surface area contributed by atoms with Gasteiger partial charge in [-0.3, -0.25) is 19.2 Å². The number of nitrogens with two attached hydrogens (primary N) is 1. The number of amides is 3. The Hall–Kier alpha value is -2.77. The molecule has 0 fully saturated rings. The van der Waals surface area contributed by atoms with Crippen LogP contribution in [-0.2, 0) is 24.0 Å². The van der Waals surface area contributed by atoms with E-state index in [0.29, 0.717) is 6.42 Å². The first-order valence-electron chi connectivity index (χ1n) is 9.75. The van der Waals surface area contributed by atoms with Crippen LogP contribution in [0, 0.1) is 5.92 Å². The Morgan fingerprint density at radius 2 is 1.45 bits per heavy atom. The van der Waals surface area contributed by atoms with Gasteiger partial charge in [0.1, 0.15) is 24.2 Å². The third-order valence-corrected chi connectivity index (χ3v) is 4.65. The van der Waals surface area contributed by atoms with Crippen molar-refractivity contribution in [3.8, 4) is 0 Å². The van der Waals surface area contributed by atoms with Gasteiger partial charge in [0.15, 0.2) is 0 Å².